The topological polar surface area (TPSA) is 71.3 Å². The van der Waals surface area contributed by atoms with E-state index in [4.69, 9.17) is 32.7 Å². The van der Waals surface area contributed by atoms with Crippen molar-refractivity contribution in [3.05, 3.63) is 93.5 Å². The third-order valence-electron chi connectivity index (χ3n) is 7.97. The highest BCUT2D eigenvalue weighted by Gasteiger charge is 2.59. The van der Waals surface area contributed by atoms with Crippen LogP contribution >= 0.6 is 23.2 Å². The summed E-state index contributed by atoms with van der Waals surface area (Å²) in [6.07, 6.45) is 2.45. The lowest BCUT2D eigenvalue weighted by Crippen LogP contribution is -2.44. The minimum atomic E-state index is -1.01. The van der Waals surface area contributed by atoms with Gasteiger partial charge in [-0.25, -0.2) is 0 Å². The number of aryl methyl sites for hydroxylation is 1. The fourth-order valence-electron chi connectivity index (χ4n) is 6.17. The number of hydrogen-bond acceptors (Lipinski definition) is 5. The van der Waals surface area contributed by atoms with Gasteiger partial charge in [0, 0.05) is 28.4 Å². The van der Waals surface area contributed by atoms with E-state index in [1.807, 2.05) is 66.7 Å². The highest BCUT2D eigenvalue weighted by molar-refractivity contribution is 6.30. The third kappa shape index (κ3) is 6.72. The number of hydrogen-bond donors (Lipinski definition) is 1. The Morgan fingerprint density at radius 3 is 2.29 bits per heavy atom. The van der Waals surface area contributed by atoms with Crippen LogP contribution in [0.5, 0.6) is 11.5 Å². The molecule has 1 N–H and O–H groups in total. The predicted octanol–water partition coefficient (Wildman–Crippen LogP) is 7.92. The van der Waals surface area contributed by atoms with Gasteiger partial charge in [0.2, 0.25) is 0 Å². The number of halogens is 2. The van der Waals surface area contributed by atoms with Crippen molar-refractivity contribution in [1.82, 2.24) is 5.32 Å². The number of rotatable bonds is 10. The maximum atomic E-state index is 14.1. The normalized spacial score (nSPS) is 22.2. The van der Waals surface area contributed by atoms with Crippen molar-refractivity contribution in [1.29, 1.82) is 5.26 Å². The van der Waals surface area contributed by atoms with Gasteiger partial charge in [-0.2, -0.15) is 5.26 Å². The van der Waals surface area contributed by atoms with Gasteiger partial charge in [-0.15, -0.1) is 0 Å². The lowest BCUT2D eigenvalue weighted by Gasteiger charge is -2.37. The molecule has 1 aliphatic heterocycles. The zero-order valence-electron chi connectivity index (χ0n) is 24.3. The molecule has 4 atom stereocenters. The Morgan fingerprint density at radius 2 is 1.68 bits per heavy atom. The number of Topliss-reactive ketones (excluding diaryl/α,β-unsaturated/α-hetero) is 1. The van der Waals surface area contributed by atoms with E-state index < -0.39 is 17.4 Å². The van der Waals surface area contributed by atoms with E-state index >= 15 is 0 Å². The Morgan fingerprint density at radius 1 is 0.976 bits per heavy atom. The number of nitriles is 1. The van der Waals surface area contributed by atoms with Crippen LogP contribution in [-0.2, 0) is 16.6 Å². The zero-order chi connectivity index (χ0) is 29.8. The molecular weight excluding hydrogens is 555 g/mol. The van der Waals surface area contributed by atoms with Crippen LogP contribution in [0, 0.1) is 16.7 Å². The number of methoxy groups -OCH3 is 2. The molecule has 7 heteroatoms. The Hall–Kier alpha value is -3.04. The zero-order valence-corrected chi connectivity index (χ0v) is 25.9. The van der Waals surface area contributed by atoms with Gasteiger partial charge < -0.3 is 14.8 Å². The van der Waals surface area contributed by atoms with E-state index in [1.54, 1.807) is 14.2 Å². The van der Waals surface area contributed by atoms with Crippen molar-refractivity contribution < 1.29 is 14.3 Å². The molecule has 0 aliphatic carbocycles. The average molecular weight is 594 g/mol. The van der Waals surface area contributed by atoms with Crippen LogP contribution < -0.4 is 14.8 Å². The fourth-order valence-corrected chi connectivity index (χ4v) is 6.49. The SMILES string of the molecule is COc1ccc(CCCC(=O)[C@@H]2N[C@@H](CC(C)(C)C)[C@](C#N)(c3ccc(Cl)cc3)[C@H]2c2cccc(Cl)c2)cc1OC. The molecule has 0 bridgehead atoms. The standard InChI is InChI=1S/C34H38Cl2N2O3/c1-33(2,3)20-30-34(21-37,24-13-15-25(35)16-14-24)31(23-9-7-10-26(36)19-23)32(38-30)27(39)11-6-8-22-12-17-28(40-4)29(18-22)41-5/h7,9-10,12-19,30-32,38H,6,8,11,20H2,1-5H3/t30-,31-,32-,34-/m0/s1. The maximum absolute atomic E-state index is 14.1. The summed E-state index contributed by atoms with van der Waals surface area (Å²) in [6.45, 7) is 6.47. The first-order valence-electron chi connectivity index (χ1n) is 13.9. The first kappa shape index (κ1) is 30.9. The average Bonchev–Trinajstić information content (AvgIpc) is 3.26. The first-order valence-corrected chi connectivity index (χ1v) is 14.7. The summed E-state index contributed by atoms with van der Waals surface area (Å²) in [5.41, 5.74) is 1.69. The van der Waals surface area contributed by atoms with E-state index in [0.717, 1.165) is 16.7 Å². The molecule has 1 fully saturated rings. The lowest BCUT2D eigenvalue weighted by molar-refractivity contribution is -0.121. The van der Waals surface area contributed by atoms with Crippen LogP contribution in [0.2, 0.25) is 10.0 Å². The number of benzene rings is 3. The fraction of sp³-hybridized carbons (Fsp3) is 0.412. The van der Waals surface area contributed by atoms with Crippen molar-refractivity contribution in [2.45, 2.75) is 69.9 Å². The summed E-state index contributed by atoms with van der Waals surface area (Å²) in [7, 11) is 3.22. The number of nitrogens with zero attached hydrogens (tertiary/aromatic N) is 1. The van der Waals surface area contributed by atoms with Crippen molar-refractivity contribution in [3.8, 4) is 17.6 Å². The molecule has 0 saturated carbocycles. The molecule has 0 radical (unpaired) electrons. The van der Waals surface area contributed by atoms with Gasteiger partial charge in [0.1, 0.15) is 11.2 Å². The molecule has 216 valence electrons. The highest BCUT2D eigenvalue weighted by atomic mass is 35.5. The van der Waals surface area contributed by atoms with Gasteiger partial charge in [-0.3, -0.25) is 4.79 Å². The van der Waals surface area contributed by atoms with Crippen molar-refractivity contribution in [2.75, 3.05) is 14.2 Å². The molecular formula is C34H38Cl2N2O3. The van der Waals surface area contributed by atoms with Gasteiger partial charge in [0.15, 0.2) is 11.5 Å². The predicted molar refractivity (Wildman–Crippen MR) is 165 cm³/mol. The molecule has 1 aliphatic rings. The Balaban J connectivity index is 1.71. The van der Waals surface area contributed by atoms with E-state index in [9.17, 15) is 10.1 Å². The second kappa shape index (κ2) is 12.9. The number of nitrogens with one attached hydrogen (secondary N) is 1. The van der Waals surface area contributed by atoms with E-state index in [0.29, 0.717) is 47.2 Å². The first-order chi connectivity index (χ1) is 19.5. The Labute approximate surface area is 253 Å². The summed E-state index contributed by atoms with van der Waals surface area (Å²) in [5.74, 6) is 0.988. The lowest BCUT2D eigenvalue weighted by atomic mass is 9.62. The van der Waals surface area contributed by atoms with E-state index in [1.165, 1.54) is 0 Å². The number of ether oxygens (including phenoxy) is 2. The molecule has 1 saturated heterocycles. The Bertz CT molecular complexity index is 1410. The molecule has 3 aromatic rings. The summed E-state index contributed by atoms with van der Waals surface area (Å²) >= 11 is 12.7. The van der Waals surface area contributed by atoms with Crippen LogP contribution in [0.1, 0.15) is 62.6 Å². The van der Waals surface area contributed by atoms with E-state index in [-0.39, 0.29) is 17.2 Å². The van der Waals surface area contributed by atoms with Crippen molar-refractivity contribution in [2.24, 2.45) is 5.41 Å². The van der Waals surface area contributed by atoms with Crippen LogP contribution in [-0.4, -0.2) is 32.1 Å². The second-order valence-electron chi connectivity index (χ2n) is 12.0. The van der Waals surface area contributed by atoms with Gasteiger partial charge in [0.05, 0.1) is 26.3 Å². The molecule has 0 aromatic heterocycles. The summed E-state index contributed by atoms with van der Waals surface area (Å²) < 4.78 is 10.8. The summed E-state index contributed by atoms with van der Waals surface area (Å²) in [5, 5.41) is 15.9. The maximum Gasteiger partial charge on any atom is 0.160 e. The molecule has 41 heavy (non-hydrogen) atoms. The molecule has 1 heterocycles. The molecule has 4 rings (SSSR count). The minimum Gasteiger partial charge on any atom is -0.493 e. The molecule has 5 nitrogen and oxygen atoms in total. The van der Waals surface area contributed by atoms with Crippen LogP contribution in [0.15, 0.2) is 66.7 Å². The minimum absolute atomic E-state index is 0.0837. The monoisotopic (exact) mass is 592 g/mol. The quantitative estimate of drug-likeness (QED) is 0.259. The van der Waals surface area contributed by atoms with Gasteiger partial charge >= 0.3 is 0 Å². The van der Waals surface area contributed by atoms with Gasteiger partial charge in [-0.05, 0) is 77.8 Å². The van der Waals surface area contributed by atoms with Crippen LogP contribution in [0.25, 0.3) is 0 Å². The third-order valence-corrected chi connectivity index (χ3v) is 8.46. The molecule has 0 unspecified atom stereocenters. The number of carbonyl (C=O) groups is 1. The molecule has 0 spiro atoms. The second-order valence-corrected chi connectivity index (χ2v) is 12.9. The summed E-state index contributed by atoms with van der Waals surface area (Å²) in [4.78, 5) is 14.1. The van der Waals surface area contributed by atoms with Crippen LogP contribution in [0.3, 0.4) is 0 Å². The van der Waals surface area contributed by atoms with Crippen molar-refractivity contribution in [3.63, 3.8) is 0 Å². The smallest absolute Gasteiger partial charge is 0.160 e. The van der Waals surface area contributed by atoms with Gasteiger partial charge in [0.25, 0.3) is 0 Å². The van der Waals surface area contributed by atoms with Gasteiger partial charge in [-0.1, -0.05) is 74.3 Å². The molecule has 0 amide bonds. The van der Waals surface area contributed by atoms with E-state index in [2.05, 4.69) is 32.2 Å². The number of carbonyl (C=O) groups excluding carboxylic acids is 1. The molecule has 3 aromatic carbocycles. The Kier molecular flexibility index (Phi) is 9.70. The highest BCUT2D eigenvalue weighted by Crippen LogP contribution is 2.51. The number of ketones is 1. The van der Waals surface area contributed by atoms with Crippen molar-refractivity contribution >= 4 is 29.0 Å². The van der Waals surface area contributed by atoms with Crippen LogP contribution in [0.4, 0.5) is 0 Å². The largest absolute Gasteiger partial charge is 0.493 e. The summed E-state index contributed by atoms with van der Waals surface area (Å²) in [6, 6.07) is 22.8.